The van der Waals surface area contributed by atoms with Crippen molar-refractivity contribution in [2.45, 2.75) is 32.2 Å². The highest BCUT2D eigenvalue weighted by Crippen LogP contribution is 2.38. The molecule has 2 aromatic rings. The summed E-state index contributed by atoms with van der Waals surface area (Å²) < 4.78 is 75.7. The SMILES string of the molecule is CC(C#N)C(Oc1cc(F)c(F)cc1NCC1CC1)c1cc(OC(F)(F)F)ccc1C(N)=O. The third kappa shape index (κ3) is 6.25. The first kappa shape index (κ1) is 24.1. The van der Waals surface area contributed by atoms with E-state index < -0.39 is 41.7 Å². The number of carbonyl (C=O) groups excluding carboxylic acids is 1. The minimum Gasteiger partial charge on any atom is -0.482 e. The second-order valence-electron chi connectivity index (χ2n) is 7.70. The summed E-state index contributed by atoms with van der Waals surface area (Å²) in [7, 11) is 0. The number of halogens is 5. The summed E-state index contributed by atoms with van der Waals surface area (Å²) in [6.07, 6.45) is -4.41. The molecule has 0 bridgehead atoms. The van der Waals surface area contributed by atoms with E-state index in [1.165, 1.54) is 6.92 Å². The number of alkyl halides is 3. The van der Waals surface area contributed by atoms with Crippen LogP contribution in [0.5, 0.6) is 11.5 Å². The van der Waals surface area contributed by atoms with Crippen molar-refractivity contribution in [3.8, 4) is 17.6 Å². The predicted molar refractivity (Wildman–Crippen MR) is 107 cm³/mol. The number of nitrogens with one attached hydrogen (secondary N) is 1. The Kier molecular flexibility index (Phi) is 6.95. The molecule has 3 N–H and O–H groups in total. The quantitative estimate of drug-likeness (QED) is 0.500. The molecule has 176 valence electrons. The van der Waals surface area contributed by atoms with Gasteiger partial charge in [-0.25, -0.2) is 8.78 Å². The number of hydrogen-bond donors (Lipinski definition) is 2. The third-order valence-corrected chi connectivity index (χ3v) is 5.04. The zero-order chi connectivity index (χ0) is 24.3. The van der Waals surface area contributed by atoms with Gasteiger partial charge in [-0.05, 0) is 43.9 Å². The zero-order valence-corrected chi connectivity index (χ0v) is 17.4. The van der Waals surface area contributed by atoms with E-state index in [1.54, 1.807) is 0 Å². The van der Waals surface area contributed by atoms with Crippen molar-refractivity contribution in [3.63, 3.8) is 0 Å². The van der Waals surface area contributed by atoms with Gasteiger partial charge in [-0.15, -0.1) is 13.2 Å². The van der Waals surface area contributed by atoms with Crippen molar-refractivity contribution < 1.29 is 36.2 Å². The van der Waals surface area contributed by atoms with E-state index in [0.29, 0.717) is 12.5 Å². The number of amides is 1. The number of primary amides is 1. The van der Waals surface area contributed by atoms with Gasteiger partial charge in [-0.3, -0.25) is 4.79 Å². The van der Waals surface area contributed by atoms with Crippen LogP contribution in [0.2, 0.25) is 0 Å². The van der Waals surface area contributed by atoms with Crippen LogP contribution in [0, 0.1) is 34.8 Å². The maximum atomic E-state index is 14.0. The molecule has 1 saturated carbocycles. The predicted octanol–water partition coefficient (Wildman–Crippen LogP) is 5.06. The first-order valence-electron chi connectivity index (χ1n) is 9.97. The van der Waals surface area contributed by atoms with Crippen LogP contribution in [0.25, 0.3) is 0 Å². The highest BCUT2D eigenvalue weighted by Gasteiger charge is 2.33. The zero-order valence-electron chi connectivity index (χ0n) is 17.4. The molecule has 1 fully saturated rings. The lowest BCUT2D eigenvalue weighted by molar-refractivity contribution is -0.274. The van der Waals surface area contributed by atoms with Crippen molar-refractivity contribution in [2.24, 2.45) is 17.6 Å². The van der Waals surface area contributed by atoms with Crippen LogP contribution >= 0.6 is 0 Å². The molecule has 6 nitrogen and oxygen atoms in total. The van der Waals surface area contributed by atoms with E-state index in [2.05, 4.69) is 10.1 Å². The molecule has 0 aliphatic heterocycles. The Hall–Kier alpha value is -3.55. The monoisotopic (exact) mass is 469 g/mol. The normalized spacial score (nSPS) is 15.3. The fourth-order valence-corrected chi connectivity index (χ4v) is 3.18. The number of carbonyl (C=O) groups is 1. The third-order valence-electron chi connectivity index (χ3n) is 5.04. The first-order chi connectivity index (χ1) is 15.5. The number of nitriles is 1. The summed E-state index contributed by atoms with van der Waals surface area (Å²) in [5.41, 5.74) is 5.07. The maximum absolute atomic E-state index is 14.0. The van der Waals surface area contributed by atoms with Crippen LogP contribution in [-0.2, 0) is 0 Å². The summed E-state index contributed by atoms with van der Waals surface area (Å²) in [5, 5.41) is 12.4. The van der Waals surface area contributed by atoms with Gasteiger partial charge in [0.2, 0.25) is 5.91 Å². The van der Waals surface area contributed by atoms with Crippen LogP contribution in [-0.4, -0.2) is 18.8 Å². The van der Waals surface area contributed by atoms with Gasteiger partial charge >= 0.3 is 6.36 Å². The number of rotatable bonds is 9. The maximum Gasteiger partial charge on any atom is 0.573 e. The molecule has 2 aromatic carbocycles. The Labute approximate surface area is 186 Å². The Morgan fingerprint density at radius 3 is 2.48 bits per heavy atom. The first-order valence-corrected chi connectivity index (χ1v) is 9.97. The van der Waals surface area contributed by atoms with Gasteiger partial charge in [0.25, 0.3) is 0 Å². The van der Waals surface area contributed by atoms with Gasteiger partial charge in [0.1, 0.15) is 17.6 Å². The molecule has 0 aromatic heterocycles. The Morgan fingerprint density at radius 2 is 1.91 bits per heavy atom. The fourth-order valence-electron chi connectivity index (χ4n) is 3.18. The average Bonchev–Trinajstić information content (AvgIpc) is 3.55. The molecule has 1 aliphatic rings. The second-order valence-corrected chi connectivity index (χ2v) is 7.70. The highest BCUT2D eigenvalue weighted by atomic mass is 19.4. The van der Waals surface area contributed by atoms with Crippen molar-refractivity contribution in [3.05, 3.63) is 53.1 Å². The van der Waals surface area contributed by atoms with Gasteiger partial charge in [-0.1, -0.05) is 0 Å². The van der Waals surface area contributed by atoms with E-state index in [4.69, 9.17) is 10.5 Å². The van der Waals surface area contributed by atoms with E-state index in [9.17, 15) is 32.0 Å². The van der Waals surface area contributed by atoms with Gasteiger partial charge in [0, 0.05) is 29.8 Å². The molecule has 0 radical (unpaired) electrons. The number of hydrogen-bond acceptors (Lipinski definition) is 5. The summed E-state index contributed by atoms with van der Waals surface area (Å²) >= 11 is 0. The number of anilines is 1. The molecule has 3 rings (SSSR count). The lowest BCUT2D eigenvalue weighted by Gasteiger charge is -2.25. The summed E-state index contributed by atoms with van der Waals surface area (Å²) in [5.74, 6) is -4.86. The Morgan fingerprint density at radius 1 is 1.24 bits per heavy atom. The summed E-state index contributed by atoms with van der Waals surface area (Å²) in [6.45, 7) is 1.87. The number of nitrogens with zero attached hydrogens (tertiary/aromatic N) is 1. The Bertz CT molecular complexity index is 1080. The smallest absolute Gasteiger partial charge is 0.482 e. The molecule has 1 amide bonds. The molecule has 2 unspecified atom stereocenters. The van der Waals surface area contributed by atoms with Gasteiger partial charge in [-0.2, -0.15) is 5.26 Å². The van der Waals surface area contributed by atoms with Crippen LogP contribution in [0.3, 0.4) is 0 Å². The lowest BCUT2D eigenvalue weighted by atomic mass is 9.93. The number of nitrogens with two attached hydrogens (primary N) is 1. The topological polar surface area (TPSA) is 97.4 Å². The molecule has 0 heterocycles. The number of ether oxygens (including phenoxy) is 2. The van der Waals surface area contributed by atoms with Gasteiger partial charge in [0.05, 0.1) is 17.7 Å². The van der Waals surface area contributed by atoms with Crippen molar-refractivity contribution in [1.29, 1.82) is 5.26 Å². The van der Waals surface area contributed by atoms with Gasteiger partial charge < -0.3 is 20.5 Å². The van der Waals surface area contributed by atoms with E-state index in [-0.39, 0.29) is 22.6 Å². The molecular weight excluding hydrogens is 449 g/mol. The standard InChI is InChI=1S/C22H20F5N3O3/c1-11(9-28)20(15-6-13(33-22(25,26)27)4-5-14(15)21(29)31)32-19-8-17(24)16(23)7-18(19)30-10-12-2-3-12/h4-8,11-12,20,30H,2-3,10H2,1H3,(H2,29,31). The fraction of sp³-hybridized carbons (Fsp3) is 0.364. The van der Waals surface area contributed by atoms with Crippen LogP contribution < -0.4 is 20.5 Å². The molecule has 1 aliphatic carbocycles. The lowest BCUT2D eigenvalue weighted by Crippen LogP contribution is -2.23. The largest absolute Gasteiger partial charge is 0.573 e. The van der Waals surface area contributed by atoms with Crippen molar-refractivity contribution >= 4 is 11.6 Å². The molecule has 0 saturated heterocycles. The minimum absolute atomic E-state index is 0.0965. The molecule has 0 spiro atoms. The minimum atomic E-state index is -5.01. The second kappa shape index (κ2) is 9.52. The Balaban J connectivity index is 2.05. The molecule has 11 heteroatoms. The number of benzene rings is 2. The average molecular weight is 469 g/mol. The van der Waals surface area contributed by atoms with Crippen molar-refractivity contribution in [1.82, 2.24) is 0 Å². The molecular formula is C22H20F5N3O3. The molecule has 33 heavy (non-hydrogen) atoms. The molecule has 2 atom stereocenters. The van der Waals surface area contributed by atoms with Crippen LogP contribution in [0.4, 0.5) is 27.6 Å². The van der Waals surface area contributed by atoms with E-state index in [1.807, 2.05) is 6.07 Å². The highest BCUT2D eigenvalue weighted by molar-refractivity contribution is 5.94. The van der Waals surface area contributed by atoms with Gasteiger partial charge in [0.15, 0.2) is 11.6 Å². The van der Waals surface area contributed by atoms with Crippen LogP contribution in [0.1, 0.15) is 41.8 Å². The van der Waals surface area contributed by atoms with Crippen molar-refractivity contribution in [2.75, 3.05) is 11.9 Å². The van der Waals surface area contributed by atoms with E-state index >= 15 is 0 Å². The summed E-state index contributed by atoms with van der Waals surface area (Å²) in [6, 6.07) is 6.33. The van der Waals surface area contributed by atoms with Crippen LogP contribution in [0.15, 0.2) is 30.3 Å². The van der Waals surface area contributed by atoms with E-state index in [0.717, 1.165) is 43.2 Å². The summed E-state index contributed by atoms with van der Waals surface area (Å²) in [4.78, 5) is 11.9.